The van der Waals surface area contributed by atoms with Gasteiger partial charge >= 0.3 is 0 Å². The standard InChI is InChI=1S/C22H38O3/c1-13-6-9-16-15-8-7-14-10-17(23)18(24-4)11-22(14,3)20(15)19(25-5)12-21(13,16)2/h13-20,23H,6-12H2,1-5H3/t13-,14-,15-,16-,17-,18-,19?,20+,21+,22-/m0/s1. The maximum Gasteiger partial charge on any atom is 0.0835 e. The topological polar surface area (TPSA) is 38.7 Å². The van der Waals surface area contributed by atoms with E-state index >= 15 is 0 Å². The third-order valence-electron chi connectivity index (χ3n) is 9.65. The van der Waals surface area contributed by atoms with Gasteiger partial charge in [0.25, 0.3) is 0 Å². The highest BCUT2D eigenvalue weighted by atomic mass is 16.5. The Bertz CT molecular complexity index is 508. The maximum absolute atomic E-state index is 10.5. The number of aliphatic hydroxyl groups excluding tert-OH is 1. The molecule has 0 saturated heterocycles. The highest BCUT2D eigenvalue weighted by Gasteiger charge is 2.63. The van der Waals surface area contributed by atoms with Crippen LogP contribution in [0.25, 0.3) is 0 Å². The Hall–Kier alpha value is -0.120. The summed E-state index contributed by atoms with van der Waals surface area (Å²) < 4.78 is 11.9. The van der Waals surface area contributed by atoms with Crippen LogP contribution in [0.1, 0.15) is 65.7 Å². The number of fused-ring (bicyclic) bond motifs is 5. The second-order valence-electron chi connectivity index (χ2n) is 10.3. The molecule has 0 spiro atoms. The van der Waals surface area contributed by atoms with E-state index in [9.17, 15) is 5.11 Å². The molecule has 0 radical (unpaired) electrons. The highest BCUT2D eigenvalue weighted by molar-refractivity contribution is 5.12. The van der Waals surface area contributed by atoms with E-state index in [1.54, 1.807) is 7.11 Å². The van der Waals surface area contributed by atoms with Crippen LogP contribution in [0.2, 0.25) is 0 Å². The molecule has 1 N–H and O–H groups in total. The summed E-state index contributed by atoms with van der Waals surface area (Å²) >= 11 is 0. The van der Waals surface area contributed by atoms with E-state index in [1.165, 1.54) is 32.1 Å². The Labute approximate surface area is 153 Å². The van der Waals surface area contributed by atoms with Gasteiger partial charge < -0.3 is 14.6 Å². The largest absolute Gasteiger partial charge is 0.390 e. The Balaban J connectivity index is 1.70. The first kappa shape index (κ1) is 18.3. The zero-order chi connectivity index (χ0) is 18.0. The van der Waals surface area contributed by atoms with Gasteiger partial charge in [0.15, 0.2) is 0 Å². The molecule has 0 aromatic rings. The van der Waals surface area contributed by atoms with Crippen molar-refractivity contribution in [3.05, 3.63) is 0 Å². The minimum absolute atomic E-state index is 0.00619. The van der Waals surface area contributed by atoms with E-state index in [2.05, 4.69) is 20.8 Å². The Kier molecular flexibility index (Phi) is 4.53. The van der Waals surface area contributed by atoms with Crippen molar-refractivity contribution in [3.63, 3.8) is 0 Å². The number of hydrogen-bond donors (Lipinski definition) is 1. The fourth-order valence-corrected chi connectivity index (χ4v) is 8.06. The summed E-state index contributed by atoms with van der Waals surface area (Å²) in [6, 6.07) is 0. The van der Waals surface area contributed by atoms with Crippen molar-refractivity contribution in [1.82, 2.24) is 0 Å². The summed E-state index contributed by atoms with van der Waals surface area (Å²) in [5.41, 5.74) is 0.705. The van der Waals surface area contributed by atoms with E-state index < -0.39 is 0 Å². The van der Waals surface area contributed by atoms with Gasteiger partial charge in [0.2, 0.25) is 0 Å². The second-order valence-corrected chi connectivity index (χ2v) is 10.3. The summed E-state index contributed by atoms with van der Waals surface area (Å²) in [7, 11) is 3.70. The zero-order valence-electron chi connectivity index (χ0n) is 16.8. The minimum Gasteiger partial charge on any atom is -0.390 e. The second kappa shape index (κ2) is 6.21. The number of hydrogen-bond acceptors (Lipinski definition) is 3. The maximum atomic E-state index is 10.5. The van der Waals surface area contributed by atoms with Crippen molar-refractivity contribution >= 4 is 0 Å². The van der Waals surface area contributed by atoms with Crippen LogP contribution >= 0.6 is 0 Å². The van der Waals surface area contributed by atoms with Gasteiger partial charge in [-0.05, 0) is 85.4 Å². The molecule has 4 aliphatic rings. The third-order valence-corrected chi connectivity index (χ3v) is 9.65. The number of ether oxygens (including phenoxy) is 2. The fraction of sp³-hybridized carbons (Fsp3) is 1.00. The lowest BCUT2D eigenvalue weighted by atomic mass is 9.43. The predicted molar refractivity (Wildman–Crippen MR) is 99.3 cm³/mol. The highest BCUT2D eigenvalue weighted by Crippen LogP contribution is 2.67. The van der Waals surface area contributed by atoms with Crippen LogP contribution < -0.4 is 0 Å². The first-order chi connectivity index (χ1) is 11.8. The van der Waals surface area contributed by atoms with E-state index in [0.717, 1.165) is 30.6 Å². The fourth-order valence-electron chi connectivity index (χ4n) is 8.06. The van der Waals surface area contributed by atoms with Crippen molar-refractivity contribution < 1.29 is 14.6 Å². The molecule has 0 aliphatic heterocycles. The number of methoxy groups -OCH3 is 2. The quantitative estimate of drug-likeness (QED) is 0.808. The molecule has 4 saturated carbocycles. The third kappa shape index (κ3) is 2.48. The van der Waals surface area contributed by atoms with Crippen LogP contribution in [0.3, 0.4) is 0 Å². The molecule has 3 heteroatoms. The molecular formula is C22H38O3. The van der Waals surface area contributed by atoms with Crippen LogP contribution in [-0.2, 0) is 9.47 Å². The molecule has 10 atom stereocenters. The lowest BCUT2D eigenvalue weighted by Gasteiger charge is -2.63. The summed E-state index contributed by atoms with van der Waals surface area (Å²) in [5.74, 6) is 3.73. The SMILES string of the molecule is COC1C[C@]2(C)[C@@H](C)CC[C@H]2[C@@H]2CC[C@H]3C[C@H](O)[C@@H](OC)C[C@]3(C)[C@@H]12. The van der Waals surface area contributed by atoms with Crippen molar-refractivity contribution in [2.45, 2.75) is 84.0 Å². The Morgan fingerprint density at radius 3 is 2.24 bits per heavy atom. The lowest BCUT2D eigenvalue weighted by Crippen LogP contribution is -2.61. The molecule has 25 heavy (non-hydrogen) atoms. The van der Waals surface area contributed by atoms with Crippen LogP contribution in [0.15, 0.2) is 0 Å². The average Bonchev–Trinajstić information content (AvgIpc) is 2.89. The predicted octanol–water partition coefficient (Wildman–Crippen LogP) is 4.28. The van der Waals surface area contributed by atoms with Crippen LogP contribution in [0, 0.1) is 40.4 Å². The molecule has 0 bridgehead atoms. The van der Waals surface area contributed by atoms with Crippen LogP contribution in [0.4, 0.5) is 0 Å². The van der Waals surface area contributed by atoms with Crippen molar-refractivity contribution in [1.29, 1.82) is 0 Å². The van der Waals surface area contributed by atoms with E-state index in [0.29, 0.717) is 23.4 Å². The first-order valence-corrected chi connectivity index (χ1v) is 10.6. The molecule has 4 fully saturated rings. The Morgan fingerprint density at radius 2 is 1.56 bits per heavy atom. The van der Waals surface area contributed by atoms with Crippen LogP contribution in [-0.4, -0.2) is 37.6 Å². The van der Waals surface area contributed by atoms with Crippen molar-refractivity contribution in [3.8, 4) is 0 Å². The van der Waals surface area contributed by atoms with Gasteiger partial charge in [-0.15, -0.1) is 0 Å². The molecule has 0 amide bonds. The first-order valence-electron chi connectivity index (χ1n) is 10.6. The molecule has 0 heterocycles. The molecule has 4 aliphatic carbocycles. The van der Waals surface area contributed by atoms with E-state index in [1.807, 2.05) is 7.11 Å². The van der Waals surface area contributed by atoms with Crippen molar-refractivity contribution in [2.24, 2.45) is 40.4 Å². The number of aliphatic hydroxyl groups is 1. The van der Waals surface area contributed by atoms with Gasteiger partial charge in [0.1, 0.15) is 0 Å². The summed E-state index contributed by atoms with van der Waals surface area (Å²) in [4.78, 5) is 0. The zero-order valence-corrected chi connectivity index (χ0v) is 16.8. The van der Waals surface area contributed by atoms with Crippen LogP contribution in [0.5, 0.6) is 0 Å². The molecule has 144 valence electrons. The summed E-state index contributed by atoms with van der Waals surface area (Å²) in [5, 5.41) is 10.5. The molecule has 0 aromatic heterocycles. The molecule has 0 aromatic carbocycles. The van der Waals surface area contributed by atoms with E-state index in [4.69, 9.17) is 9.47 Å². The number of rotatable bonds is 2. The van der Waals surface area contributed by atoms with Gasteiger partial charge in [-0.3, -0.25) is 0 Å². The average molecular weight is 351 g/mol. The normalized spacial score (nSPS) is 58.3. The molecule has 3 nitrogen and oxygen atoms in total. The van der Waals surface area contributed by atoms with Gasteiger partial charge in [0, 0.05) is 14.2 Å². The van der Waals surface area contributed by atoms with E-state index in [-0.39, 0.29) is 17.6 Å². The summed E-state index contributed by atoms with van der Waals surface area (Å²) in [6.07, 6.45) is 8.61. The lowest BCUT2D eigenvalue weighted by molar-refractivity contribution is -0.205. The van der Waals surface area contributed by atoms with Gasteiger partial charge in [-0.2, -0.15) is 0 Å². The van der Waals surface area contributed by atoms with Crippen molar-refractivity contribution in [2.75, 3.05) is 14.2 Å². The minimum atomic E-state index is -0.291. The van der Waals surface area contributed by atoms with Gasteiger partial charge in [-0.25, -0.2) is 0 Å². The molecule has 1 unspecified atom stereocenters. The Morgan fingerprint density at radius 1 is 0.880 bits per heavy atom. The molecular weight excluding hydrogens is 312 g/mol. The van der Waals surface area contributed by atoms with Gasteiger partial charge in [-0.1, -0.05) is 20.8 Å². The summed E-state index contributed by atoms with van der Waals surface area (Å²) in [6.45, 7) is 7.52. The smallest absolute Gasteiger partial charge is 0.0835 e. The molecule has 4 rings (SSSR count). The van der Waals surface area contributed by atoms with Gasteiger partial charge in [0.05, 0.1) is 18.3 Å². The monoisotopic (exact) mass is 350 g/mol.